The largest absolute Gasteiger partial charge is 0.480 e. The van der Waals surface area contributed by atoms with E-state index >= 15 is 0 Å². The molecule has 0 aromatic heterocycles. The molecule has 19 heavy (non-hydrogen) atoms. The van der Waals surface area contributed by atoms with E-state index in [1.54, 1.807) is 0 Å². The number of carbonyl (C=O) groups is 2. The highest BCUT2D eigenvalue weighted by Crippen LogP contribution is 2.29. The summed E-state index contributed by atoms with van der Waals surface area (Å²) in [5.41, 5.74) is 5.65. The summed E-state index contributed by atoms with van der Waals surface area (Å²) in [5, 5.41) is 8.78. The summed E-state index contributed by atoms with van der Waals surface area (Å²) in [6, 6.07) is -0.965. The molecule has 3 N–H and O–H groups in total. The second kappa shape index (κ2) is 6.33. The number of rotatable bonds is 8. The summed E-state index contributed by atoms with van der Waals surface area (Å²) in [5.74, 6) is -1.41. The van der Waals surface area contributed by atoms with Gasteiger partial charge in [0.25, 0.3) is 0 Å². The van der Waals surface area contributed by atoms with Gasteiger partial charge in [0.05, 0.1) is 11.8 Å². The maximum absolute atomic E-state index is 12.0. The van der Waals surface area contributed by atoms with Crippen molar-refractivity contribution in [3.8, 4) is 0 Å². The van der Waals surface area contributed by atoms with Gasteiger partial charge in [0.2, 0.25) is 5.91 Å². The molecule has 0 aromatic carbocycles. The molecule has 0 bridgehead atoms. The van der Waals surface area contributed by atoms with Crippen molar-refractivity contribution in [2.75, 3.05) is 25.1 Å². The van der Waals surface area contributed by atoms with Gasteiger partial charge in [0, 0.05) is 12.8 Å². The molecule has 0 aromatic rings. The number of hydrogen-bond acceptors (Lipinski definition) is 5. The number of nitrogens with zero attached hydrogens (tertiary/aromatic N) is 1. The van der Waals surface area contributed by atoms with Crippen LogP contribution < -0.4 is 5.73 Å². The predicted molar refractivity (Wildman–Crippen MR) is 69.2 cm³/mol. The molecule has 1 rings (SSSR count). The Labute approximate surface area is 112 Å². The summed E-state index contributed by atoms with van der Waals surface area (Å²) in [4.78, 5) is 23.9. The third-order valence-corrected chi connectivity index (χ3v) is 3.91. The standard InChI is InChI=1S/C11H20N2O5S/c1-19(17,18)5-4-9(12)11(16)13(7-10(14)15)6-8-2-3-8/h8-9H,2-7,12H2,1H3,(H,14,15). The van der Waals surface area contributed by atoms with Crippen LogP contribution in [0.1, 0.15) is 19.3 Å². The van der Waals surface area contributed by atoms with Crippen LogP contribution in [0.25, 0.3) is 0 Å². The molecule has 7 nitrogen and oxygen atoms in total. The first-order valence-electron chi connectivity index (χ1n) is 6.13. The first kappa shape index (κ1) is 15.9. The maximum atomic E-state index is 12.0. The van der Waals surface area contributed by atoms with Gasteiger partial charge in [-0.05, 0) is 25.2 Å². The van der Waals surface area contributed by atoms with Gasteiger partial charge in [-0.15, -0.1) is 0 Å². The van der Waals surface area contributed by atoms with Crippen molar-refractivity contribution in [2.45, 2.75) is 25.3 Å². The average molecular weight is 292 g/mol. The molecule has 0 heterocycles. The zero-order chi connectivity index (χ0) is 14.6. The van der Waals surface area contributed by atoms with Crippen LogP contribution in [0.5, 0.6) is 0 Å². The molecular formula is C11H20N2O5S. The first-order chi connectivity index (χ1) is 8.69. The molecule has 1 fully saturated rings. The fourth-order valence-corrected chi connectivity index (χ4v) is 2.39. The van der Waals surface area contributed by atoms with E-state index in [1.807, 2.05) is 0 Å². The van der Waals surface area contributed by atoms with Gasteiger partial charge in [0.1, 0.15) is 16.4 Å². The summed E-state index contributed by atoms with van der Waals surface area (Å²) in [6.45, 7) is -0.000380. The highest BCUT2D eigenvalue weighted by atomic mass is 32.2. The Kier molecular flexibility index (Phi) is 5.30. The van der Waals surface area contributed by atoms with E-state index in [1.165, 1.54) is 4.90 Å². The molecule has 0 radical (unpaired) electrons. The summed E-state index contributed by atoms with van der Waals surface area (Å²) in [6.07, 6.45) is 3.06. The Morgan fingerprint density at radius 3 is 2.42 bits per heavy atom. The first-order valence-corrected chi connectivity index (χ1v) is 8.19. The van der Waals surface area contributed by atoms with Gasteiger partial charge in [-0.1, -0.05) is 0 Å². The van der Waals surface area contributed by atoms with Gasteiger partial charge in [0.15, 0.2) is 0 Å². The van der Waals surface area contributed by atoms with Gasteiger partial charge in [-0.2, -0.15) is 0 Å². The lowest BCUT2D eigenvalue weighted by molar-refractivity contribution is -0.145. The minimum atomic E-state index is -3.18. The van der Waals surface area contributed by atoms with E-state index in [-0.39, 0.29) is 18.7 Å². The van der Waals surface area contributed by atoms with Gasteiger partial charge >= 0.3 is 5.97 Å². The van der Waals surface area contributed by atoms with E-state index in [9.17, 15) is 18.0 Å². The monoisotopic (exact) mass is 292 g/mol. The van der Waals surface area contributed by atoms with Gasteiger partial charge in [-0.3, -0.25) is 9.59 Å². The lowest BCUT2D eigenvalue weighted by atomic mass is 10.2. The van der Waals surface area contributed by atoms with E-state index in [0.29, 0.717) is 12.5 Å². The fraction of sp³-hybridized carbons (Fsp3) is 0.818. The van der Waals surface area contributed by atoms with Crippen LogP contribution >= 0.6 is 0 Å². The van der Waals surface area contributed by atoms with Crippen molar-refractivity contribution in [3.05, 3.63) is 0 Å². The number of carboxylic acid groups (broad SMARTS) is 1. The highest BCUT2D eigenvalue weighted by Gasteiger charge is 2.30. The Hall–Kier alpha value is -1.15. The maximum Gasteiger partial charge on any atom is 0.323 e. The SMILES string of the molecule is CS(=O)(=O)CCC(N)C(=O)N(CC(=O)O)CC1CC1. The summed E-state index contributed by atoms with van der Waals surface area (Å²) >= 11 is 0. The smallest absolute Gasteiger partial charge is 0.323 e. The number of nitrogens with two attached hydrogens (primary N) is 1. The van der Waals surface area contributed by atoms with E-state index in [2.05, 4.69) is 0 Å². The Balaban J connectivity index is 2.55. The molecule has 0 saturated heterocycles. The third-order valence-electron chi connectivity index (χ3n) is 2.93. The molecule has 1 atom stereocenters. The van der Waals surface area contributed by atoms with Crippen molar-refractivity contribution < 1.29 is 23.1 Å². The molecule has 110 valence electrons. The number of amides is 1. The summed E-state index contributed by atoms with van der Waals surface area (Å²) in [7, 11) is -3.18. The third kappa shape index (κ3) is 6.53. The van der Waals surface area contributed by atoms with Crippen molar-refractivity contribution in [1.29, 1.82) is 0 Å². The normalized spacial score (nSPS) is 16.9. The Bertz CT molecular complexity index is 444. The summed E-state index contributed by atoms with van der Waals surface area (Å²) < 4.78 is 22.0. The Morgan fingerprint density at radius 1 is 1.42 bits per heavy atom. The molecule has 8 heteroatoms. The number of carboxylic acids is 1. The van der Waals surface area contributed by atoms with Crippen LogP contribution in [0.15, 0.2) is 0 Å². The zero-order valence-corrected chi connectivity index (χ0v) is 11.7. The number of carbonyl (C=O) groups excluding carboxylic acids is 1. The van der Waals surface area contributed by atoms with Crippen LogP contribution in [-0.2, 0) is 19.4 Å². The second-order valence-corrected chi connectivity index (χ2v) is 7.34. The quantitative estimate of drug-likeness (QED) is 0.597. The minimum Gasteiger partial charge on any atom is -0.480 e. The van der Waals surface area contributed by atoms with Crippen LogP contribution in [-0.4, -0.2) is 61.4 Å². The number of sulfone groups is 1. The van der Waals surface area contributed by atoms with Crippen LogP contribution in [0.2, 0.25) is 0 Å². The van der Waals surface area contributed by atoms with Crippen molar-refractivity contribution in [2.24, 2.45) is 11.7 Å². The molecule has 1 unspecified atom stereocenters. The molecule has 0 aliphatic heterocycles. The number of aliphatic carboxylic acids is 1. The molecule has 1 saturated carbocycles. The second-order valence-electron chi connectivity index (χ2n) is 5.08. The lowest BCUT2D eigenvalue weighted by Crippen LogP contribution is -2.47. The molecule has 1 aliphatic rings. The van der Waals surface area contributed by atoms with Gasteiger partial charge in [-0.25, -0.2) is 8.42 Å². The van der Waals surface area contributed by atoms with Crippen molar-refractivity contribution in [3.63, 3.8) is 0 Å². The zero-order valence-electron chi connectivity index (χ0n) is 10.9. The highest BCUT2D eigenvalue weighted by molar-refractivity contribution is 7.90. The fourth-order valence-electron chi connectivity index (χ4n) is 1.71. The molecule has 1 amide bonds. The van der Waals surface area contributed by atoms with Crippen LogP contribution in [0, 0.1) is 5.92 Å². The van der Waals surface area contributed by atoms with Gasteiger partial charge < -0.3 is 15.7 Å². The molecular weight excluding hydrogens is 272 g/mol. The van der Waals surface area contributed by atoms with E-state index < -0.39 is 27.8 Å². The van der Waals surface area contributed by atoms with Crippen LogP contribution in [0.3, 0.4) is 0 Å². The van der Waals surface area contributed by atoms with Crippen molar-refractivity contribution in [1.82, 2.24) is 4.90 Å². The average Bonchev–Trinajstić information content (AvgIpc) is 3.06. The van der Waals surface area contributed by atoms with E-state index in [0.717, 1.165) is 19.1 Å². The molecule has 1 aliphatic carbocycles. The predicted octanol–water partition coefficient (Wildman–Crippen LogP) is -0.928. The van der Waals surface area contributed by atoms with Crippen LogP contribution in [0.4, 0.5) is 0 Å². The Morgan fingerprint density at radius 2 is 2.00 bits per heavy atom. The lowest BCUT2D eigenvalue weighted by Gasteiger charge is -2.24. The minimum absolute atomic E-state index is 0.0124. The number of hydrogen-bond donors (Lipinski definition) is 2. The van der Waals surface area contributed by atoms with Crippen molar-refractivity contribution >= 4 is 21.7 Å². The van der Waals surface area contributed by atoms with E-state index in [4.69, 9.17) is 10.8 Å². The molecule has 0 spiro atoms. The topological polar surface area (TPSA) is 118 Å².